The van der Waals surface area contributed by atoms with Gasteiger partial charge in [0.15, 0.2) is 5.41 Å². The average molecular weight is 545 g/mol. The van der Waals surface area contributed by atoms with Crippen molar-refractivity contribution in [1.82, 2.24) is 0 Å². The lowest BCUT2D eigenvalue weighted by atomic mass is 9.40. The van der Waals surface area contributed by atoms with E-state index in [1.807, 2.05) is 0 Å². The van der Waals surface area contributed by atoms with Crippen molar-refractivity contribution in [2.75, 3.05) is 0 Å². The fraction of sp³-hybridized carbons (Fsp3) is 0.312. The summed E-state index contributed by atoms with van der Waals surface area (Å²) >= 11 is 0. The largest absolute Gasteiger partial charge is 0.480 e. The van der Waals surface area contributed by atoms with Crippen molar-refractivity contribution >= 4 is 23.9 Å². The van der Waals surface area contributed by atoms with Crippen molar-refractivity contribution in [1.29, 1.82) is 0 Å². The van der Waals surface area contributed by atoms with Crippen molar-refractivity contribution in [3.63, 3.8) is 0 Å². The second-order valence-electron chi connectivity index (χ2n) is 11.6. The second-order valence-corrected chi connectivity index (χ2v) is 11.6. The minimum Gasteiger partial charge on any atom is -0.480 e. The molecule has 0 radical (unpaired) electrons. The van der Waals surface area contributed by atoms with Crippen LogP contribution in [0.5, 0.6) is 0 Å². The maximum absolute atomic E-state index is 13.4. The Morgan fingerprint density at radius 3 is 1.23 bits per heavy atom. The normalized spacial score (nSPS) is 23.8. The summed E-state index contributed by atoms with van der Waals surface area (Å²) in [5.41, 5.74) is -4.50. The smallest absolute Gasteiger partial charge is 0.328 e. The highest BCUT2D eigenvalue weighted by Crippen LogP contribution is 2.71. The number of carboxylic acids is 4. The minimum absolute atomic E-state index is 0.513. The van der Waals surface area contributed by atoms with Crippen LogP contribution in [0.25, 0.3) is 0 Å². The molecule has 1 fully saturated rings. The molecule has 0 aliphatic heterocycles. The van der Waals surface area contributed by atoms with Crippen LogP contribution in [0.2, 0.25) is 0 Å². The van der Waals surface area contributed by atoms with E-state index in [9.17, 15) is 39.6 Å². The number of carbonyl (C=O) groups is 4. The van der Waals surface area contributed by atoms with E-state index in [2.05, 4.69) is 0 Å². The number of benzene rings is 2. The Labute approximate surface area is 232 Å². The van der Waals surface area contributed by atoms with Gasteiger partial charge in [-0.2, -0.15) is 0 Å². The van der Waals surface area contributed by atoms with Gasteiger partial charge in [-0.1, -0.05) is 118 Å². The molecular weight excluding hydrogens is 512 g/mol. The Bertz CT molecular complexity index is 1350. The summed E-state index contributed by atoms with van der Waals surface area (Å²) in [7, 11) is 0. The molecule has 8 heteroatoms. The molecular formula is C32H32O8. The molecule has 1 saturated carbocycles. The van der Waals surface area contributed by atoms with Gasteiger partial charge in [0.25, 0.3) is 0 Å². The maximum Gasteiger partial charge on any atom is 0.328 e. The summed E-state index contributed by atoms with van der Waals surface area (Å²) in [5, 5.41) is 41.2. The van der Waals surface area contributed by atoms with Gasteiger partial charge in [0.05, 0.1) is 0 Å². The Morgan fingerprint density at radius 2 is 0.925 bits per heavy atom. The predicted molar refractivity (Wildman–Crippen MR) is 147 cm³/mol. The molecule has 40 heavy (non-hydrogen) atoms. The number of aliphatic carboxylic acids is 4. The first-order chi connectivity index (χ1) is 18.7. The summed E-state index contributed by atoms with van der Waals surface area (Å²) in [6.45, 7) is 7.20. The van der Waals surface area contributed by atoms with Gasteiger partial charge in [0, 0.05) is 11.8 Å². The van der Waals surface area contributed by atoms with Gasteiger partial charge >= 0.3 is 23.9 Å². The first-order valence-electron chi connectivity index (χ1n) is 12.8. The molecule has 4 N–H and O–H groups in total. The molecule has 2 atom stereocenters. The molecule has 2 aliphatic rings. The minimum atomic E-state index is -2.30. The maximum atomic E-state index is 13.4. The number of rotatable bonds is 6. The van der Waals surface area contributed by atoms with Crippen LogP contribution >= 0.6 is 0 Å². The summed E-state index contributed by atoms with van der Waals surface area (Å²) < 4.78 is 0. The Balaban J connectivity index is 2.16. The molecule has 2 aromatic rings. The molecule has 0 amide bonds. The van der Waals surface area contributed by atoms with Crippen LogP contribution in [-0.4, -0.2) is 44.3 Å². The van der Waals surface area contributed by atoms with E-state index >= 15 is 0 Å². The molecule has 208 valence electrons. The van der Waals surface area contributed by atoms with Crippen LogP contribution in [-0.2, 0) is 19.2 Å². The third-order valence-corrected chi connectivity index (χ3v) is 8.66. The van der Waals surface area contributed by atoms with Crippen molar-refractivity contribution in [2.24, 2.45) is 21.7 Å². The third-order valence-electron chi connectivity index (χ3n) is 8.66. The summed E-state index contributed by atoms with van der Waals surface area (Å²) in [6, 6.07) is 17.4. The molecule has 0 heterocycles. The van der Waals surface area contributed by atoms with Crippen molar-refractivity contribution in [3.05, 3.63) is 107 Å². The SMILES string of the molecule is CC1(C)C(=C2C=CC(C(=O)O)(C(=O)O)C=C2)C(C)(C)C(c2ccccc2)C(C(=O)O)(C(=O)O)C1c1ccccc1. The quantitative estimate of drug-likeness (QED) is 0.355. The highest BCUT2D eigenvalue weighted by atomic mass is 16.4. The van der Waals surface area contributed by atoms with Gasteiger partial charge in [-0.05, 0) is 27.5 Å². The highest BCUT2D eigenvalue weighted by Gasteiger charge is 2.71. The Kier molecular flexibility index (Phi) is 6.87. The summed E-state index contributed by atoms with van der Waals surface area (Å²) in [5.74, 6) is -8.14. The number of hydrogen-bond acceptors (Lipinski definition) is 4. The number of carboxylic acid groups (broad SMARTS) is 4. The monoisotopic (exact) mass is 544 g/mol. The van der Waals surface area contributed by atoms with Crippen LogP contribution in [0, 0.1) is 21.7 Å². The molecule has 0 spiro atoms. The first kappa shape index (κ1) is 28.5. The van der Waals surface area contributed by atoms with Crippen LogP contribution in [0.1, 0.15) is 50.7 Å². The van der Waals surface area contributed by atoms with E-state index in [0.29, 0.717) is 22.3 Å². The Morgan fingerprint density at radius 1 is 0.575 bits per heavy atom. The van der Waals surface area contributed by atoms with Crippen LogP contribution in [0.3, 0.4) is 0 Å². The molecule has 0 saturated heterocycles. The van der Waals surface area contributed by atoms with E-state index in [1.165, 1.54) is 12.2 Å². The lowest BCUT2D eigenvalue weighted by Gasteiger charge is -2.61. The molecule has 2 unspecified atom stereocenters. The summed E-state index contributed by atoms with van der Waals surface area (Å²) in [6.07, 6.45) is 5.11. The Hall–Kier alpha value is -4.46. The van der Waals surface area contributed by atoms with Gasteiger partial charge in [-0.15, -0.1) is 0 Å². The molecule has 8 nitrogen and oxygen atoms in total. The topological polar surface area (TPSA) is 149 Å². The van der Waals surface area contributed by atoms with Gasteiger partial charge in [0.2, 0.25) is 5.41 Å². The lowest BCUT2D eigenvalue weighted by molar-refractivity contribution is -0.178. The molecule has 0 aromatic heterocycles. The highest BCUT2D eigenvalue weighted by molar-refractivity contribution is 6.04. The van der Waals surface area contributed by atoms with Crippen molar-refractivity contribution in [3.8, 4) is 0 Å². The van der Waals surface area contributed by atoms with Crippen molar-refractivity contribution < 1.29 is 39.6 Å². The zero-order valence-electron chi connectivity index (χ0n) is 22.7. The third kappa shape index (κ3) is 3.89. The number of allylic oxidation sites excluding steroid dienone is 4. The fourth-order valence-electron chi connectivity index (χ4n) is 7.50. The van der Waals surface area contributed by atoms with Gasteiger partial charge < -0.3 is 20.4 Å². The zero-order valence-corrected chi connectivity index (χ0v) is 22.7. The van der Waals surface area contributed by atoms with Gasteiger partial charge in [-0.25, -0.2) is 0 Å². The van der Waals surface area contributed by atoms with E-state index in [-0.39, 0.29) is 0 Å². The molecule has 0 bridgehead atoms. The second kappa shape index (κ2) is 9.62. The molecule has 2 aromatic carbocycles. The zero-order chi connectivity index (χ0) is 29.7. The van der Waals surface area contributed by atoms with Crippen LogP contribution < -0.4 is 0 Å². The average Bonchev–Trinajstić information content (AvgIpc) is 2.88. The van der Waals surface area contributed by atoms with Gasteiger partial charge in [0.1, 0.15) is 0 Å². The standard InChI is InChI=1S/C32H32O8/c1-29(2)22(21-15-17-31(18-16-21,25(33)34)26(35)36)30(3,4)24(20-13-9-6-10-14-20)32(27(37)38,28(39)40)23(29)19-11-7-5-8-12-19/h5-18,23-24H,1-4H3,(H,33,34)(H,35,36)(H,37,38)(H,39,40). The van der Waals surface area contributed by atoms with E-state index in [1.54, 1.807) is 88.4 Å². The molecule has 4 rings (SSSR count). The summed E-state index contributed by atoms with van der Waals surface area (Å²) in [4.78, 5) is 50.7. The fourth-order valence-corrected chi connectivity index (χ4v) is 7.50. The van der Waals surface area contributed by atoms with E-state index in [4.69, 9.17) is 0 Å². The predicted octanol–water partition coefficient (Wildman–Crippen LogP) is 5.35. The van der Waals surface area contributed by atoms with E-state index in [0.717, 1.165) is 12.2 Å². The lowest BCUT2D eigenvalue weighted by Crippen LogP contribution is -2.62. The van der Waals surface area contributed by atoms with Crippen LogP contribution in [0.4, 0.5) is 0 Å². The van der Waals surface area contributed by atoms with Crippen LogP contribution in [0.15, 0.2) is 96.1 Å². The first-order valence-corrected chi connectivity index (χ1v) is 12.8. The van der Waals surface area contributed by atoms with Crippen molar-refractivity contribution in [2.45, 2.75) is 39.5 Å². The van der Waals surface area contributed by atoms with Gasteiger partial charge in [-0.3, -0.25) is 19.2 Å². The van der Waals surface area contributed by atoms with E-state index < -0.39 is 57.4 Å². The molecule has 2 aliphatic carbocycles. The number of hydrogen-bond donors (Lipinski definition) is 4.